The molecule has 22 heavy (non-hydrogen) atoms. The van der Waals surface area contributed by atoms with E-state index in [0.717, 1.165) is 12.8 Å². The average molecular weight is 345 g/mol. The molecule has 1 heterocycles. The Bertz CT molecular complexity index is 580. The maximum Gasteiger partial charge on any atom is 0.264 e. The fraction of sp³-hybridized carbons (Fsp3) is 0.467. The molecule has 2 unspecified atom stereocenters. The summed E-state index contributed by atoms with van der Waals surface area (Å²) in [6.07, 6.45) is 1.56. The van der Waals surface area contributed by atoms with E-state index in [4.69, 9.17) is 33.7 Å². The number of carbonyl (C=O) groups is 2. The van der Waals surface area contributed by atoms with Gasteiger partial charge in [0.1, 0.15) is 11.8 Å². The summed E-state index contributed by atoms with van der Waals surface area (Å²) in [4.78, 5) is 25.5. The van der Waals surface area contributed by atoms with Crippen LogP contribution < -0.4 is 10.5 Å². The summed E-state index contributed by atoms with van der Waals surface area (Å²) in [7, 11) is 0. The van der Waals surface area contributed by atoms with Crippen molar-refractivity contribution < 1.29 is 14.3 Å². The molecule has 0 aromatic heterocycles. The van der Waals surface area contributed by atoms with Crippen molar-refractivity contribution in [1.82, 2.24) is 4.90 Å². The number of benzene rings is 1. The number of nitrogens with zero attached hydrogens (tertiary/aromatic N) is 1. The van der Waals surface area contributed by atoms with Crippen LogP contribution in [0.25, 0.3) is 0 Å². The zero-order valence-electron chi connectivity index (χ0n) is 12.2. The summed E-state index contributed by atoms with van der Waals surface area (Å²) in [6, 6.07) is 4.22. The number of hydrogen-bond acceptors (Lipinski definition) is 3. The second-order valence-corrected chi connectivity index (χ2v) is 6.12. The van der Waals surface area contributed by atoms with Crippen molar-refractivity contribution in [3.05, 3.63) is 28.2 Å². The van der Waals surface area contributed by atoms with Crippen LogP contribution in [0, 0.1) is 0 Å². The average Bonchev–Trinajstić information content (AvgIpc) is 2.49. The van der Waals surface area contributed by atoms with Crippen molar-refractivity contribution in [3.63, 3.8) is 0 Å². The number of piperidine rings is 1. The summed E-state index contributed by atoms with van der Waals surface area (Å²) in [6.45, 7) is 2.13. The number of nitrogens with two attached hydrogens (primary N) is 1. The topological polar surface area (TPSA) is 72.6 Å². The summed E-state index contributed by atoms with van der Waals surface area (Å²) in [5, 5.41) is 0.818. The largest absolute Gasteiger partial charge is 0.479 e. The van der Waals surface area contributed by atoms with Gasteiger partial charge in [-0.25, -0.2) is 0 Å². The van der Waals surface area contributed by atoms with E-state index in [1.807, 2.05) is 0 Å². The fourth-order valence-electron chi connectivity index (χ4n) is 2.54. The molecule has 1 aromatic rings. The van der Waals surface area contributed by atoms with E-state index in [2.05, 4.69) is 0 Å². The van der Waals surface area contributed by atoms with Gasteiger partial charge in [-0.1, -0.05) is 23.2 Å². The third-order valence-corrected chi connectivity index (χ3v) is 4.19. The van der Waals surface area contributed by atoms with Crippen LogP contribution in [0.1, 0.15) is 26.2 Å². The quantitative estimate of drug-likeness (QED) is 0.912. The predicted molar refractivity (Wildman–Crippen MR) is 85.1 cm³/mol. The van der Waals surface area contributed by atoms with Gasteiger partial charge in [0.25, 0.3) is 5.91 Å². The third-order valence-electron chi connectivity index (χ3n) is 3.66. The lowest BCUT2D eigenvalue weighted by Crippen LogP contribution is -2.53. The van der Waals surface area contributed by atoms with Gasteiger partial charge in [-0.3, -0.25) is 9.59 Å². The first-order valence-corrected chi connectivity index (χ1v) is 7.87. The Labute approximate surface area is 139 Å². The molecule has 7 heteroatoms. The number of ether oxygens (including phenoxy) is 1. The van der Waals surface area contributed by atoms with Crippen LogP contribution in [0.4, 0.5) is 0 Å². The van der Waals surface area contributed by atoms with E-state index in [9.17, 15) is 9.59 Å². The monoisotopic (exact) mass is 344 g/mol. The van der Waals surface area contributed by atoms with Crippen molar-refractivity contribution in [1.29, 1.82) is 0 Å². The molecule has 1 saturated heterocycles. The molecular formula is C15H18Cl2N2O3. The third kappa shape index (κ3) is 3.84. The van der Waals surface area contributed by atoms with Crippen molar-refractivity contribution in [2.24, 2.45) is 5.73 Å². The lowest BCUT2D eigenvalue weighted by Gasteiger charge is -2.35. The van der Waals surface area contributed by atoms with Crippen LogP contribution in [-0.2, 0) is 9.59 Å². The first-order chi connectivity index (χ1) is 10.4. The van der Waals surface area contributed by atoms with Crippen LogP contribution in [-0.4, -0.2) is 35.4 Å². The number of halogens is 2. The zero-order valence-corrected chi connectivity index (χ0v) is 13.7. The van der Waals surface area contributed by atoms with E-state index in [1.165, 1.54) is 4.90 Å². The Morgan fingerprint density at radius 2 is 2.09 bits per heavy atom. The first-order valence-electron chi connectivity index (χ1n) is 7.11. The highest BCUT2D eigenvalue weighted by Gasteiger charge is 2.33. The summed E-state index contributed by atoms with van der Waals surface area (Å²) >= 11 is 11.9. The van der Waals surface area contributed by atoms with Gasteiger partial charge in [0.05, 0.1) is 5.02 Å². The highest BCUT2D eigenvalue weighted by molar-refractivity contribution is 6.35. The summed E-state index contributed by atoms with van der Waals surface area (Å²) < 4.78 is 5.61. The van der Waals surface area contributed by atoms with Crippen LogP contribution in [0.2, 0.25) is 10.0 Å². The zero-order chi connectivity index (χ0) is 16.3. The van der Waals surface area contributed by atoms with E-state index in [0.29, 0.717) is 28.8 Å². The molecule has 0 saturated carbocycles. The summed E-state index contributed by atoms with van der Waals surface area (Å²) in [5.74, 6) is -0.376. The molecule has 1 fully saturated rings. The Morgan fingerprint density at radius 3 is 2.73 bits per heavy atom. The molecule has 0 aliphatic carbocycles. The van der Waals surface area contributed by atoms with Crippen LogP contribution in [0.3, 0.4) is 0 Å². The lowest BCUT2D eigenvalue weighted by molar-refractivity contribution is -0.146. The number of primary amides is 1. The van der Waals surface area contributed by atoms with Crippen LogP contribution in [0.5, 0.6) is 5.75 Å². The Balaban J connectivity index is 2.09. The van der Waals surface area contributed by atoms with Gasteiger partial charge in [-0.05, 0) is 44.4 Å². The van der Waals surface area contributed by atoms with E-state index < -0.39 is 18.1 Å². The van der Waals surface area contributed by atoms with Gasteiger partial charge < -0.3 is 15.4 Å². The highest BCUT2D eigenvalue weighted by atomic mass is 35.5. The maximum atomic E-state index is 12.5. The molecule has 2 amide bonds. The molecule has 5 nitrogen and oxygen atoms in total. The van der Waals surface area contributed by atoms with Crippen molar-refractivity contribution in [3.8, 4) is 5.75 Å². The number of hydrogen-bond donors (Lipinski definition) is 1. The van der Waals surface area contributed by atoms with Gasteiger partial charge in [-0.2, -0.15) is 0 Å². The van der Waals surface area contributed by atoms with Gasteiger partial charge in [0.2, 0.25) is 5.91 Å². The number of likely N-dealkylation sites (tertiary alicyclic amines) is 1. The van der Waals surface area contributed by atoms with Gasteiger partial charge in [-0.15, -0.1) is 0 Å². The van der Waals surface area contributed by atoms with Gasteiger partial charge in [0, 0.05) is 11.6 Å². The molecule has 2 N–H and O–H groups in total. The fourth-order valence-corrected chi connectivity index (χ4v) is 2.99. The van der Waals surface area contributed by atoms with Crippen molar-refractivity contribution >= 4 is 35.0 Å². The molecule has 1 aliphatic rings. The SMILES string of the molecule is CC(Oc1ccc(Cl)cc1Cl)C(=O)N1CCCCC1C(N)=O. The minimum absolute atomic E-state index is 0.269. The standard InChI is InChI=1S/C15H18Cl2N2O3/c1-9(22-13-6-5-10(16)8-11(13)17)15(21)19-7-3-2-4-12(19)14(18)20/h5-6,8-9,12H,2-4,7H2,1H3,(H2,18,20). The maximum absolute atomic E-state index is 12.5. The number of rotatable bonds is 4. The first kappa shape index (κ1) is 16.9. The highest BCUT2D eigenvalue weighted by Crippen LogP contribution is 2.29. The Hall–Kier alpha value is -1.46. The molecule has 2 rings (SSSR count). The van der Waals surface area contributed by atoms with Crippen LogP contribution in [0.15, 0.2) is 18.2 Å². The normalized spacial score (nSPS) is 19.6. The van der Waals surface area contributed by atoms with Crippen molar-refractivity contribution in [2.75, 3.05) is 6.54 Å². The van der Waals surface area contributed by atoms with Gasteiger partial charge >= 0.3 is 0 Å². The van der Waals surface area contributed by atoms with E-state index in [-0.39, 0.29) is 5.91 Å². The molecule has 120 valence electrons. The van der Waals surface area contributed by atoms with Crippen molar-refractivity contribution in [2.45, 2.75) is 38.3 Å². The van der Waals surface area contributed by atoms with E-state index in [1.54, 1.807) is 25.1 Å². The second-order valence-electron chi connectivity index (χ2n) is 5.28. The number of carbonyl (C=O) groups excluding carboxylic acids is 2. The number of amides is 2. The molecule has 0 spiro atoms. The Morgan fingerprint density at radius 1 is 1.36 bits per heavy atom. The van der Waals surface area contributed by atoms with Crippen LogP contribution >= 0.6 is 23.2 Å². The minimum atomic E-state index is -0.765. The van der Waals surface area contributed by atoms with Gasteiger partial charge in [0.15, 0.2) is 6.10 Å². The van der Waals surface area contributed by atoms with E-state index >= 15 is 0 Å². The smallest absolute Gasteiger partial charge is 0.264 e. The summed E-state index contributed by atoms with van der Waals surface area (Å²) in [5.41, 5.74) is 5.38. The minimum Gasteiger partial charge on any atom is -0.479 e. The molecular weight excluding hydrogens is 327 g/mol. The molecule has 1 aromatic carbocycles. The second kappa shape index (κ2) is 7.20. The molecule has 2 atom stereocenters. The molecule has 1 aliphatic heterocycles. The lowest BCUT2D eigenvalue weighted by atomic mass is 10.0. The predicted octanol–water partition coefficient (Wildman–Crippen LogP) is 2.63. The molecule has 0 radical (unpaired) electrons. The molecule has 0 bridgehead atoms. The Kier molecular flexibility index (Phi) is 5.53.